The second-order valence-electron chi connectivity index (χ2n) is 4.26. The molecule has 1 rings (SSSR count). The molecule has 0 atom stereocenters. The van der Waals surface area contributed by atoms with Crippen LogP contribution in [-0.2, 0) is 16.0 Å². The van der Waals surface area contributed by atoms with Crippen molar-refractivity contribution in [2.75, 3.05) is 6.61 Å². The van der Waals surface area contributed by atoms with Crippen LogP contribution in [0.5, 0.6) is 5.75 Å². The largest absolute Gasteiger partial charge is 0.491 e. The van der Waals surface area contributed by atoms with Gasteiger partial charge in [0.15, 0.2) is 0 Å². The van der Waals surface area contributed by atoms with Gasteiger partial charge in [0.1, 0.15) is 5.75 Å². The van der Waals surface area contributed by atoms with E-state index in [9.17, 15) is 4.79 Å². The second kappa shape index (κ2) is 6.28. The molecule has 0 fully saturated rings. The molecule has 1 aromatic carbocycles. The highest BCUT2D eigenvalue weighted by atomic mass is 16.5. The van der Waals surface area contributed by atoms with Crippen molar-refractivity contribution >= 4 is 5.97 Å². The van der Waals surface area contributed by atoms with E-state index in [0.29, 0.717) is 6.61 Å². The Labute approximate surface area is 103 Å². The number of esters is 1. The molecule has 1 aromatic rings. The number of ether oxygens (including phenoxy) is 2. The molecule has 94 valence electrons. The van der Waals surface area contributed by atoms with E-state index in [1.165, 1.54) is 0 Å². The molecule has 0 saturated carbocycles. The molecule has 17 heavy (non-hydrogen) atoms. The van der Waals surface area contributed by atoms with Crippen LogP contribution in [0.4, 0.5) is 0 Å². The van der Waals surface area contributed by atoms with Crippen molar-refractivity contribution in [3.05, 3.63) is 29.3 Å². The highest BCUT2D eigenvalue weighted by Gasteiger charge is 2.11. The van der Waals surface area contributed by atoms with Gasteiger partial charge in [-0.1, -0.05) is 17.7 Å². The first-order valence-electron chi connectivity index (χ1n) is 5.94. The summed E-state index contributed by atoms with van der Waals surface area (Å²) in [6.07, 6.45) is 0.357. The van der Waals surface area contributed by atoms with E-state index in [-0.39, 0.29) is 18.5 Å². The molecule has 0 aliphatic heterocycles. The lowest BCUT2D eigenvalue weighted by Crippen LogP contribution is -2.12. The first kappa shape index (κ1) is 13.6. The van der Waals surface area contributed by atoms with Gasteiger partial charge in [0.25, 0.3) is 0 Å². The minimum Gasteiger partial charge on any atom is -0.491 e. The number of benzene rings is 1. The van der Waals surface area contributed by atoms with Crippen molar-refractivity contribution in [1.29, 1.82) is 0 Å². The molecule has 3 heteroatoms. The van der Waals surface area contributed by atoms with Crippen LogP contribution in [0, 0.1) is 6.92 Å². The zero-order valence-electron chi connectivity index (χ0n) is 10.9. The topological polar surface area (TPSA) is 35.5 Å². The fourth-order valence-corrected chi connectivity index (χ4v) is 1.58. The zero-order chi connectivity index (χ0) is 12.8. The van der Waals surface area contributed by atoms with Gasteiger partial charge in [-0.3, -0.25) is 4.79 Å². The van der Waals surface area contributed by atoms with Gasteiger partial charge in [-0.05, 0) is 33.8 Å². The van der Waals surface area contributed by atoms with E-state index < -0.39 is 0 Å². The molecule has 0 aromatic heterocycles. The molecule has 0 spiro atoms. The van der Waals surface area contributed by atoms with E-state index in [0.717, 1.165) is 16.9 Å². The lowest BCUT2D eigenvalue weighted by Gasteiger charge is -2.14. The number of carbonyl (C=O) groups is 1. The van der Waals surface area contributed by atoms with Gasteiger partial charge in [-0.2, -0.15) is 0 Å². The number of carbonyl (C=O) groups excluding carboxylic acids is 1. The van der Waals surface area contributed by atoms with Gasteiger partial charge in [-0.15, -0.1) is 0 Å². The van der Waals surface area contributed by atoms with Crippen LogP contribution in [-0.4, -0.2) is 18.7 Å². The van der Waals surface area contributed by atoms with Crippen molar-refractivity contribution in [1.82, 2.24) is 0 Å². The molecule has 0 bridgehead atoms. The molecule has 0 heterocycles. The molecule has 0 unspecified atom stereocenters. The number of hydrogen-bond acceptors (Lipinski definition) is 3. The lowest BCUT2D eigenvalue weighted by atomic mass is 10.1. The van der Waals surface area contributed by atoms with E-state index in [4.69, 9.17) is 9.47 Å². The minimum atomic E-state index is -0.216. The summed E-state index contributed by atoms with van der Waals surface area (Å²) in [4.78, 5) is 11.5. The average Bonchev–Trinajstić information content (AvgIpc) is 2.22. The number of hydrogen-bond donors (Lipinski definition) is 0. The normalized spacial score (nSPS) is 10.4. The summed E-state index contributed by atoms with van der Waals surface area (Å²) in [5.74, 6) is 0.547. The zero-order valence-corrected chi connectivity index (χ0v) is 10.9. The van der Waals surface area contributed by atoms with Crippen LogP contribution in [0.15, 0.2) is 18.2 Å². The van der Waals surface area contributed by atoms with Crippen molar-refractivity contribution in [2.24, 2.45) is 0 Å². The maximum Gasteiger partial charge on any atom is 0.310 e. The Kier molecular flexibility index (Phi) is 5.01. The Morgan fingerprint density at radius 3 is 2.65 bits per heavy atom. The standard InChI is InChI=1S/C14H20O3/c1-5-16-14(15)9-12-8-11(4)6-7-13(12)17-10(2)3/h6-8,10H,5,9H2,1-4H3. The summed E-state index contributed by atoms with van der Waals surface area (Å²) >= 11 is 0. The third-order valence-corrected chi connectivity index (χ3v) is 2.22. The summed E-state index contributed by atoms with van der Waals surface area (Å²) in [6.45, 7) is 8.14. The van der Waals surface area contributed by atoms with Crippen molar-refractivity contribution in [3.8, 4) is 5.75 Å². The smallest absolute Gasteiger partial charge is 0.310 e. The predicted molar refractivity (Wildman–Crippen MR) is 67.3 cm³/mol. The van der Waals surface area contributed by atoms with E-state index in [2.05, 4.69) is 0 Å². The monoisotopic (exact) mass is 236 g/mol. The number of aryl methyl sites for hydroxylation is 1. The molecule has 0 aliphatic rings. The fourth-order valence-electron chi connectivity index (χ4n) is 1.58. The molecule has 0 radical (unpaired) electrons. The predicted octanol–water partition coefficient (Wildman–Crippen LogP) is 2.89. The summed E-state index contributed by atoms with van der Waals surface area (Å²) in [5, 5.41) is 0. The van der Waals surface area contributed by atoms with Crippen LogP contribution < -0.4 is 4.74 Å². The Morgan fingerprint density at radius 2 is 2.06 bits per heavy atom. The molecule has 0 amide bonds. The van der Waals surface area contributed by atoms with Crippen molar-refractivity contribution < 1.29 is 14.3 Å². The Hall–Kier alpha value is -1.51. The molecule has 3 nitrogen and oxygen atoms in total. The van der Waals surface area contributed by atoms with E-state index >= 15 is 0 Å². The van der Waals surface area contributed by atoms with Gasteiger partial charge >= 0.3 is 5.97 Å². The highest BCUT2D eigenvalue weighted by molar-refractivity contribution is 5.73. The average molecular weight is 236 g/mol. The first-order valence-corrected chi connectivity index (χ1v) is 5.94. The SMILES string of the molecule is CCOC(=O)Cc1cc(C)ccc1OC(C)C. The number of rotatable bonds is 5. The van der Waals surface area contributed by atoms with Crippen LogP contribution in [0.25, 0.3) is 0 Å². The third-order valence-electron chi connectivity index (χ3n) is 2.22. The van der Waals surface area contributed by atoms with Crippen LogP contribution in [0.2, 0.25) is 0 Å². The van der Waals surface area contributed by atoms with Crippen LogP contribution in [0.3, 0.4) is 0 Å². The second-order valence-corrected chi connectivity index (χ2v) is 4.26. The molecular weight excluding hydrogens is 216 g/mol. The van der Waals surface area contributed by atoms with Gasteiger partial charge in [0, 0.05) is 5.56 Å². The maximum absolute atomic E-state index is 11.5. The molecule has 0 aliphatic carbocycles. The lowest BCUT2D eigenvalue weighted by molar-refractivity contribution is -0.142. The highest BCUT2D eigenvalue weighted by Crippen LogP contribution is 2.22. The summed E-state index contributed by atoms with van der Waals surface area (Å²) < 4.78 is 10.6. The first-order chi connectivity index (χ1) is 8.02. The van der Waals surface area contributed by atoms with Gasteiger partial charge < -0.3 is 9.47 Å². The third kappa shape index (κ3) is 4.47. The van der Waals surface area contributed by atoms with Gasteiger partial charge in [-0.25, -0.2) is 0 Å². The van der Waals surface area contributed by atoms with Crippen LogP contribution in [0.1, 0.15) is 31.9 Å². The summed E-state index contributed by atoms with van der Waals surface area (Å²) in [5.41, 5.74) is 2.00. The van der Waals surface area contributed by atoms with E-state index in [1.54, 1.807) is 6.92 Å². The molecule has 0 N–H and O–H groups in total. The van der Waals surface area contributed by atoms with Gasteiger partial charge in [0.05, 0.1) is 19.1 Å². The van der Waals surface area contributed by atoms with Gasteiger partial charge in [0.2, 0.25) is 0 Å². The fraction of sp³-hybridized carbons (Fsp3) is 0.500. The Morgan fingerprint density at radius 1 is 1.35 bits per heavy atom. The maximum atomic E-state index is 11.5. The Balaban J connectivity index is 2.86. The van der Waals surface area contributed by atoms with Crippen molar-refractivity contribution in [2.45, 2.75) is 40.2 Å². The minimum absolute atomic E-state index is 0.0960. The summed E-state index contributed by atoms with van der Waals surface area (Å²) in [7, 11) is 0. The molecule has 0 saturated heterocycles. The Bertz CT molecular complexity index is 383. The van der Waals surface area contributed by atoms with Crippen molar-refractivity contribution in [3.63, 3.8) is 0 Å². The quantitative estimate of drug-likeness (QED) is 0.737. The molecular formula is C14H20O3. The summed E-state index contributed by atoms with van der Waals surface area (Å²) in [6, 6.07) is 5.85. The van der Waals surface area contributed by atoms with Crippen LogP contribution >= 0.6 is 0 Å². The van der Waals surface area contributed by atoms with E-state index in [1.807, 2.05) is 39.0 Å².